The number of carbonyl (C=O) groups is 1. The number of hydrogen-bond donors (Lipinski definition) is 2. The molecule has 3 nitrogen and oxygen atoms in total. The molecular formula is C16H31ClN2O. The average molecular weight is 303 g/mol. The molecular weight excluding hydrogens is 272 g/mol. The first-order valence-corrected chi connectivity index (χ1v) is 8.28. The monoisotopic (exact) mass is 302 g/mol. The van der Waals surface area contributed by atoms with Gasteiger partial charge in [-0.15, -0.1) is 12.4 Å². The Morgan fingerprint density at radius 3 is 2.20 bits per heavy atom. The maximum atomic E-state index is 12.1. The van der Waals surface area contributed by atoms with Crippen LogP contribution < -0.4 is 10.6 Å². The van der Waals surface area contributed by atoms with Crippen LogP contribution in [0.5, 0.6) is 0 Å². The highest BCUT2D eigenvalue weighted by molar-refractivity contribution is 5.85. The molecule has 118 valence electrons. The van der Waals surface area contributed by atoms with Gasteiger partial charge in [0, 0.05) is 24.5 Å². The second-order valence-corrected chi connectivity index (χ2v) is 6.39. The number of nitrogens with one attached hydrogen (secondary N) is 2. The topological polar surface area (TPSA) is 41.1 Å². The summed E-state index contributed by atoms with van der Waals surface area (Å²) in [6, 6.07) is 0.684. The summed E-state index contributed by atoms with van der Waals surface area (Å²) in [6.45, 7) is 3.86. The van der Waals surface area contributed by atoms with Gasteiger partial charge in [-0.2, -0.15) is 0 Å². The molecule has 4 heteroatoms. The highest BCUT2D eigenvalue weighted by atomic mass is 35.5. The van der Waals surface area contributed by atoms with E-state index in [4.69, 9.17) is 0 Å². The largest absolute Gasteiger partial charge is 0.354 e. The van der Waals surface area contributed by atoms with Crippen molar-refractivity contribution in [3.05, 3.63) is 0 Å². The molecule has 0 radical (unpaired) electrons. The fourth-order valence-corrected chi connectivity index (χ4v) is 3.47. The zero-order chi connectivity index (χ0) is 13.6. The first-order valence-electron chi connectivity index (χ1n) is 8.28. The summed E-state index contributed by atoms with van der Waals surface area (Å²) in [5.41, 5.74) is -0.0116. The molecule has 0 heterocycles. The van der Waals surface area contributed by atoms with Crippen molar-refractivity contribution in [2.45, 2.75) is 77.2 Å². The van der Waals surface area contributed by atoms with Gasteiger partial charge in [-0.25, -0.2) is 0 Å². The summed E-state index contributed by atoms with van der Waals surface area (Å²) in [4.78, 5) is 12.1. The quantitative estimate of drug-likeness (QED) is 0.583. The Labute approximate surface area is 130 Å². The maximum Gasteiger partial charge on any atom is 0.226 e. The van der Waals surface area contributed by atoms with Crippen LogP contribution in [-0.2, 0) is 4.79 Å². The first-order chi connectivity index (χ1) is 9.27. The minimum absolute atomic E-state index is 0. The number of hydrogen-bond acceptors (Lipinski definition) is 2. The van der Waals surface area contributed by atoms with Crippen LogP contribution in [0.25, 0.3) is 0 Å². The minimum atomic E-state index is -0.0116. The molecule has 2 aliphatic carbocycles. The van der Waals surface area contributed by atoms with Crippen LogP contribution in [0.3, 0.4) is 0 Å². The van der Waals surface area contributed by atoms with E-state index in [1.807, 2.05) is 0 Å². The lowest BCUT2D eigenvalue weighted by atomic mass is 9.66. The summed E-state index contributed by atoms with van der Waals surface area (Å²) in [5, 5.41) is 6.74. The van der Waals surface area contributed by atoms with Crippen LogP contribution >= 0.6 is 12.4 Å². The molecule has 0 saturated heterocycles. The third-order valence-electron chi connectivity index (χ3n) is 5.17. The van der Waals surface area contributed by atoms with Crippen LogP contribution in [0.2, 0.25) is 0 Å². The van der Waals surface area contributed by atoms with Crippen molar-refractivity contribution >= 4 is 18.3 Å². The molecule has 2 rings (SSSR count). The van der Waals surface area contributed by atoms with Crippen molar-refractivity contribution in [1.82, 2.24) is 10.6 Å². The van der Waals surface area contributed by atoms with Crippen LogP contribution in [0, 0.1) is 5.41 Å². The highest BCUT2D eigenvalue weighted by Gasteiger charge is 2.41. The Morgan fingerprint density at radius 1 is 1.05 bits per heavy atom. The third-order valence-corrected chi connectivity index (χ3v) is 5.17. The van der Waals surface area contributed by atoms with Crippen LogP contribution in [0.4, 0.5) is 0 Å². The summed E-state index contributed by atoms with van der Waals surface area (Å²) in [5.74, 6) is 0.295. The molecule has 0 bridgehead atoms. The molecule has 0 aromatic heterocycles. The minimum Gasteiger partial charge on any atom is -0.354 e. The van der Waals surface area contributed by atoms with Crippen molar-refractivity contribution in [2.75, 3.05) is 13.1 Å². The van der Waals surface area contributed by atoms with Gasteiger partial charge >= 0.3 is 0 Å². The van der Waals surface area contributed by atoms with E-state index >= 15 is 0 Å². The van der Waals surface area contributed by atoms with E-state index in [9.17, 15) is 4.79 Å². The normalized spacial score (nSPS) is 22.2. The highest BCUT2D eigenvalue weighted by Crippen LogP contribution is 2.43. The van der Waals surface area contributed by atoms with Gasteiger partial charge in [-0.1, -0.05) is 39.0 Å². The summed E-state index contributed by atoms with van der Waals surface area (Å²) < 4.78 is 0. The van der Waals surface area contributed by atoms with E-state index in [1.165, 1.54) is 44.9 Å². The predicted molar refractivity (Wildman–Crippen MR) is 86.3 cm³/mol. The van der Waals surface area contributed by atoms with Crippen LogP contribution in [0.1, 0.15) is 71.1 Å². The Bertz CT molecular complexity index is 279. The first kappa shape index (κ1) is 17.8. The van der Waals surface area contributed by atoms with Gasteiger partial charge in [-0.3, -0.25) is 4.79 Å². The lowest BCUT2D eigenvalue weighted by Crippen LogP contribution is -2.47. The van der Waals surface area contributed by atoms with E-state index in [-0.39, 0.29) is 17.8 Å². The van der Waals surface area contributed by atoms with Crippen LogP contribution in [0.15, 0.2) is 0 Å². The molecule has 20 heavy (non-hydrogen) atoms. The third kappa shape index (κ3) is 4.63. The van der Waals surface area contributed by atoms with Crippen molar-refractivity contribution in [3.63, 3.8) is 0 Å². The zero-order valence-corrected chi connectivity index (χ0v) is 13.7. The molecule has 1 amide bonds. The van der Waals surface area contributed by atoms with Crippen LogP contribution in [-0.4, -0.2) is 25.0 Å². The Balaban J connectivity index is 0.00000200. The number of carbonyl (C=O) groups excluding carboxylic acids is 1. The van der Waals surface area contributed by atoms with Gasteiger partial charge < -0.3 is 10.6 Å². The second kappa shape index (κ2) is 8.89. The Kier molecular flexibility index (Phi) is 7.90. The van der Waals surface area contributed by atoms with Gasteiger partial charge in [0.15, 0.2) is 0 Å². The molecule has 2 aliphatic rings. The summed E-state index contributed by atoms with van der Waals surface area (Å²) >= 11 is 0. The second-order valence-electron chi connectivity index (χ2n) is 6.39. The zero-order valence-electron chi connectivity index (χ0n) is 12.9. The molecule has 0 aliphatic heterocycles. The lowest BCUT2D eigenvalue weighted by molar-refractivity contribution is -0.136. The number of rotatable bonds is 6. The standard InChI is InChI=1S/C16H30N2O.ClH/c1-2-16(10-7-11-16)15(19)18-13-12-17-14-8-5-3-4-6-9-14;/h14,17H,2-13H2,1H3,(H,18,19);1H. The molecule has 2 fully saturated rings. The van der Waals surface area contributed by atoms with Crippen molar-refractivity contribution in [3.8, 4) is 0 Å². The van der Waals surface area contributed by atoms with E-state index in [1.54, 1.807) is 0 Å². The average Bonchev–Trinajstić information content (AvgIpc) is 2.62. The molecule has 0 atom stereocenters. The molecule has 0 unspecified atom stereocenters. The van der Waals surface area contributed by atoms with E-state index in [0.717, 1.165) is 32.4 Å². The van der Waals surface area contributed by atoms with Gasteiger partial charge in [0.2, 0.25) is 5.91 Å². The van der Waals surface area contributed by atoms with Gasteiger partial charge in [0.1, 0.15) is 0 Å². The Hall–Kier alpha value is -0.280. The van der Waals surface area contributed by atoms with Crippen molar-refractivity contribution < 1.29 is 4.79 Å². The molecule has 2 N–H and O–H groups in total. The number of amides is 1. The van der Waals surface area contributed by atoms with Gasteiger partial charge in [-0.05, 0) is 32.1 Å². The lowest BCUT2D eigenvalue weighted by Gasteiger charge is -2.39. The molecule has 0 aromatic carbocycles. The van der Waals surface area contributed by atoms with Gasteiger partial charge in [0.05, 0.1) is 0 Å². The fraction of sp³-hybridized carbons (Fsp3) is 0.938. The maximum absolute atomic E-state index is 12.1. The fourth-order valence-electron chi connectivity index (χ4n) is 3.47. The predicted octanol–water partition coefficient (Wildman–Crippen LogP) is 3.42. The van der Waals surface area contributed by atoms with E-state index < -0.39 is 0 Å². The summed E-state index contributed by atoms with van der Waals surface area (Å²) in [6.07, 6.45) is 12.5. The van der Waals surface area contributed by atoms with Gasteiger partial charge in [0.25, 0.3) is 0 Å². The molecule has 0 aromatic rings. The smallest absolute Gasteiger partial charge is 0.226 e. The van der Waals surface area contributed by atoms with Crippen molar-refractivity contribution in [1.29, 1.82) is 0 Å². The number of halogens is 1. The van der Waals surface area contributed by atoms with E-state index in [2.05, 4.69) is 17.6 Å². The molecule has 0 spiro atoms. The SMILES string of the molecule is CCC1(C(=O)NCCNC2CCCCCC2)CCC1.Cl. The molecule has 2 saturated carbocycles. The summed E-state index contributed by atoms with van der Waals surface area (Å²) in [7, 11) is 0. The van der Waals surface area contributed by atoms with E-state index in [0.29, 0.717) is 11.9 Å². The van der Waals surface area contributed by atoms with Crippen molar-refractivity contribution in [2.24, 2.45) is 5.41 Å². The Morgan fingerprint density at radius 2 is 1.70 bits per heavy atom.